The molecule has 19 heavy (non-hydrogen) atoms. The van der Waals surface area contributed by atoms with Crippen molar-refractivity contribution in [1.29, 1.82) is 0 Å². The predicted molar refractivity (Wildman–Crippen MR) is 74.8 cm³/mol. The lowest BCUT2D eigenvalue weighted by molar-refractivity contribution is 0.0831. The van der Waals surface area contributed by atoms with E-state index in [0.717, 1.165) is 36.6 Å². The van der Waals surface area contributed by atoms with Gasteiger partial charge in [0.2, 0.25) is 0 Å². The number of ether oxygens (including phenoxy) is 3. The van der Waals surface area contributed by atoms with Gasteiger partial charge in [0.1, 0.15) is 0 Å². The van der Waals surface area contributed by atoms with Crippen LogP contribution in [0.1, 0.15) is 25.3 Å². The van der Waals surface area contributed by atoms with Crippen LogP contribution in [0.5, 0.6) is 11.5 Å². The lowest BCUT2D eigenvalue weighted by atomic mass is 10.1. The SMILES string of the molecule is COc1cccc(CN[C@H](C)[C@H]2CCCO2)c1OC. The first-order chi connectivity index (χ1) is 9.26. The van der Waals surface area contributed by atoms with Gasteiger partial charge in [-0.25, -0.2) is 0 Å². The molecule has 4 heteroatoms. The maximum atomic E-state index is 5.69. The third-order valence-electron chi connectivity index (χ3n) is 3.62. The number of rotatable bonds is 6. The van der Waals surface area contributed by atoms with Crippen LogP contribution in [-0.2, 0) is 11.3 Å². The molecule has 1 N–H and O–H groups in total. The third kappa shape index (κ3) is 3.39. The zero-order valence-electron chi connectivity index (χ0n) is 11.9. The summed E-state index contributed by atoms with van der Waals surface area (Å²) in [6.07, 6.45) is 2.64. The molecule has 1 aromatic rings. The molecule has 0 aliphatic carbocycles. The number of hydrogen-bond donors (Lipinski definition) is 1. The number of hydrogen-bond acceptors (Lipinski definition) is 4. The smallest absolute Gasteiger partial charge is 0.165 e. The first-order valence-corrected chi connectivity index (χ1v) is 6.81. The van der Waals surface area contributed by atoms with E-state index in [9.17, 15) is 0 Å². The van der Waals surface area contributed by atoms with E-state index in [1.54, 1.807) is 14.2 Å². The number of para-hydroxylation sites is 1. The Labute approximate surface area is 115 Å². The number of nitrogens with one attached hydrogen (secondary N) is 1. The van der Waals surface area contributed by atoms with Crippen molar-refractivity contribution in [2.24, 2.45) is 0 Å². The van der Waals surface area contributed by atoms with Gasteiger partial charge in [-0.3, -0.25) is 0 Å². The molecule has 1 saturated heterocycles. The summed E-state index contributed by atoms with van der Waals surface area (Å²) < 4.78 is 16.4. The van der Waals surface area contributed by atoms with E-state index in [1.165, 1.54) is 6.42 Å². The summed E-state index contributed by atoms with van der Waals surface area (Å²) >= 11 is 0. The van der Waals surface area contributed by atoms with Crippen molar-refractivity contribution < 1.29 is 14.2 Å². The minimum absolute atomic E-state index is 0.330. The van der Waals surface area contributed by atoms with Gasteiger partial charge in [0.15, 0.2) is 11.5 Å². The highest BCUT2D eigenvalue weighted by atomic mass is 16.5. The molecule has 1 heterocycles. The molecule has 2 rings (SSSR count). The highest BCUT2D eigenvalue weighted by Gasteiger charge is 2.22. The predicted octanol–water partition coefficient (Wildman–Crippen LogP) is 2.36. The van der Waals surface area contributed by atoms with Gasteiger partial charge in [-0.05, 0) is 25.8 Å². The monoisotopic (exact) mass is 265 g/mol. The summed E-state index contributed by atoms with van der Waals surface area (Å²) in [5.41, 5.74) is 1.10. The van der Waals surface area contributed by atoms with Gasteiger partial charge in [-0.15, -0.1) is 0 Å². The van der Waals surface area contributed by atoms with Gasteiger partial charge in [-0.2, -0.15) is 0 Å². The summed E-state index contributed by atoms with van der Waals surface area (Å²) in [5, 5.41) is 3.51. The second-order valence-electron chi connectivity index (χ2n) is 4.87. The highest BCUT2D eigenvalue weighted by Crippen LogP contribution is 2.30. The van der Waals surface area contributed by atoms with Crippen LogP contribution in [0, 0.1) is 0 Å². The van der Waals surface area contributed by atoms with E-state index in [1.807, 2.05) is 12.1 Å². The van der Waals surface area contributed by atoms with Crippen molar-refractivity contribution in [3.05, 3.63) is 23.8 Å². The Morgan fingerprint density at radius 2 is 2.21 bits per heavy atom. The van der Waals surface area contributed by atoms with E-state index >= 15 is 0 Å². The molecular formula is C15H23NO3. The molecule has 1 aliphatic heterocycles. The fraction of sp³-hybridized carbons (Fsp3) is 0.600. The van der Waals surface area contributed by atoms with Crippen molar-refractivity contribution in [2.75, 3.05) is 20.8 Å². The second kappa shape index (κ2) is 6.78. The minimum atomic E-state index is 0.330. The topological polar surface area (TPSA) is 39.7 Å². The van der Waals surface area contributed by atoms with Gasteiger partial charge in [0.25, 0.3) is 0 Å². The first-order valence-electron chi connectivity index (χ1n) is 6.81. The molecule has 0 amide bonds. The Bertz CT molecular complexity index is 402. The molecule has 4 nitrogen and oxygen atoms in total. The number of methoxy groups -OCH3 is 2. The molecule has 0 aromatic heterocycles. The van der Waals surface area contributed by atoms with E-state index in [2.05, 4.69) is 18.3 Å². The van der Waals surface area contributed by atoms with E-state index in [4.69, 9.17) is 14.2 Å². The van der Waals surface area contributed by atoms with Crippen LogP contribution in [0.2, 0.25) is 0 Å². The van der Waals surface area contributed by atoms with E-state index < -0.39 is 0 Å². The Balaban J connectivity index is 1.98. The van der Waals surface area contributed by atoms with Crippen LogP contribution in [0.15, 0.2) is 18.2 Å². The molecule has 1 aromatic carbocycles. The molecule has 1 aliphatic rings. The lowest BCUT2D eigenvalue weighted by Crippen LogP contribution is -2.36. The molecular weight excluding hydrogens is 242 g/mol. The average molecular weight is 265 g/mol. The molecule has 0 radical (unpaired) electrons. The average Bonchev–Trinajstić information content (AvgIpc) is 2.98. The maximum absolute atomic E-state index is 5.69. The lowest BCUT2D eigenvalue weighted by Gasteiger charge is -2.21. The van der Waals surface area contributed by atoms with Gasteiger partial charge < -0.3 is 19.5 Å². The Hall–Kier alpha value is -1.26. The first kappa shape index (κ1) is 14.2. The van der Waals surface area contributed by atoms with Crippen LogP contribution in [0.25, 0.3) is 0 Å². The van der Waals surface area contributed by atoms with Crippen LogP contribution in [-0.4, -0.2) is 33.0 Å². The maximum Gasteiger partial charge on any atom is 0.165 e. The van der Waals surface area contributed by atoms with Gasteiger partial charge in [0.05, 0.1) is 20.3 Å². The highest BCUT2D eigenvalue weighted by molar-refractivity contribution is 5.46. The van der Waals surface area contributed by atoms with Crippen LogP contribution >= 0.6 is 0 Å². The molecule has 0 saturated carbocycles. The van der Waals surface area contributed by atoms with E-state index in [0.29, 0.717) is 12.1 Å². The molecule has 0 bridgehead atoms. The zero-order chi connectivity index (χ0) is 13.7. The Kier molecular flexibility index (Phi) is 5.05. The molecule has 0 unspecified atom stereocenters. The van der Waals surface area contributed by atoms with Crippen LogP contribution in [0.4, 0.5) is 0 Å². The van der Waals surface area contributed by atoms with Gasteiger partial charge in [-0.1, -0.05) is 12.1 Å². The third-order valence-corrected chi connectivity index (χ3v) is 3.62. The summed E-state index contributed by atoms with van der Waals surface area (Å²) in [6, 6.07) is 6.29. The largest absolute Gasteiger partial charge is 0.493 e. The quantitative estimate of drug-likeness (QED) is 0.857. The van der Waals surface area contributed by atoms with Crippen molar-refractivity contribution in [3.63, 3.8) is 0 Å². The normalized spacial score (nSPS) is 20.3. The summed E-state index contributed by atoms with van der Waals surface area (Å²) in [7, 11) is 3.33. The zero-order valence-corrected chi connectivity index (χ0v) is 11.9. The van der Waals surface area contributed by atoms with E-state index in [-0.39, 0.29) is 0 Å². The molecule has 1 fully saturated rings. The molecule has 0 spiro atoms. The van der Waals surface area contributed by atoms with Gasteiger partial charge in [0, 0.05) is 24.8 Å². The van der Waals surface area contributed by atoms with Crippen molar-refractivity contribution in [1.82, 2.24) is 5.32 Å². The van der Waals surface area contributed by atoms with Crippen LogP contribution in [0.3, 0.4) is 0 Å². The summed E-state index contributed by atoms with van der Waals surface area (Å²) in [4.78, 5) is 0. The van der Waals surface area contributed by atoms with Crippen LogP contribution < -0.4 is 14.8 Å². The minimum Gasteiger partial charge on any atom is -0.493 e. The molecule has 2 atom stereocenters. The van der Waals surface area contributed by atoms with Gasteiger partial charge >= 0.3 is 0 Å². The van der Waals surface area contributed by atoms with Crippen molar-refractivity contribution in [3.8, 4) is 11.5 Å². The fourth-order valence-corrected chi connectivity index (χ4v) is 2.49. The standard InChI is InChI=1S/C15H23NO3/c1-11(13-8-5-9-19-13)16-10-12-6-4-7-14(17-2)15(12)18-3/h4,6-7,11,13,16H,5,8-10H2,1-3H3/t11-,13-/m1/s1. The summed E-state index contributed by atoms with van der Waals surface area (Å²) in [5.74, 6) is 1.57. The van der Waals surface area contributed by atoms with Crippen molar-refractivity contribution in [2.45, 2.75) is 38.5 Å². The second-order valence-corrected chi connectivity index (χ2v) is 4.87. The molecule has 106 valence electrons. The number of benzene rings is 1. The Morgan fingerprint density at radius 3 is 2.84 bits per heavy atom. The fourth-order valence-electron chi connectivity index (χ4n) is 2.49. The van der Waals surface area contributed by atoms with Crippen molar-refractivity contribution >= 4 is 0 Å². The Morgan fingerprint density at radius 1 is 1.37 bits per heavy atom. The summed E-state index contributed by atoms with van der Waals surface area (Å²) in [6.45, 7) is 3.81.